The second-order valence-corrected chi connectivity index (χ2v) is 8.05. The lowest BCUT2D eigenvalue weighted by molar-refractivity contribution is -0.142. The van der Waals surface area contributed by atoms with E-state index < -0.39 is 0 Å². The minimum atomic E-state index is -0.299. The molecule has 0 spiro atoms. The van der Waals surface area contributed by atoms with Crippen molar-refractivity contribution in [1.82, 2.24) is 20.7 Å². The second-order valence-electron chi connectivity index (χ2n) is 8.05. The molecular weight excluding hydrogens is 358 g/mol. The molecule has 3 aliphatic rings. The van der Waals surface area contributed by atoms with Gasteiger partial charge in [0.2, 0.25) is 17.7 Å². The zero-order valence-electron chi connectivity index (χ0n) is 15.8. The van der Waals surface area contributed by atoms with Gasteiger partial charge in [0.1, 0.15) is 0 Å². The molecule has 3 aliphatic heterocycles. The molecule has 3 saturated heterocycles. The maximum Gasteiger partial charge on any atom is 0.240 e. The van der Waals surface area contributed by atoms with Crippen LogP contribution in [0, 0.1) is 17.8 Å². The third-order valence-electron chi connectivity index (χ3n) is 6.25. The number of hydrogen-bond donors (Lipinski definition) is 3. The van der Waals surface area contributed by atoms with Crippen molar-refractivity contribution in [2.45, 2.75) is 25.4 Å². The summed E-state index contributed by atoms with van der Waals surface area (Å²) in [5.41, 5.74) is 12.3. The van der Waals surface area contributed by atoms with E-state index in [4.69, 9.17) is 5.73 Å². The maximum absolute atomic E-state index is 13.3. The number of benzene rings is 1. The topological polar surface area (TPSA) is 108 Å². The quantitative estimate of drug-likeness (QED) is 0.645. The largest absolute Gasteiger partial charge is 0.369 e. The number of hydrazine groups is 1. The standard InChI is InChI=1S/C20H27N5O3/c21-18(26)14-6-8-25(9-7-14)20(28)16-12-24(10-13-4-2-1-3-5-13)11-15-17(16)22-23-19(15)27/h1-5,14-17,22H,6-12H2,(H2,21,26)(H,23,27). The second kappa shape index (κ2) is 7.89. The van der Waals surface area contributed by atoms with Crippen molar-refractivity contribution in [2.75, 3.05) is 26.2 Å². The van der Waals surface area contributed by atoms with Crippen LogP contribution in [0.4, 0.5) is 0 Å². The Bertz CT molecular complexity index is 747. The average molecular weight is 385 g/mol. The first-order valence-electron chi connectivity index (χ1n) is 9.92. The van der Waals surface area contributed by atoms with Gasteiger partial charge in [-0.1, -0.05) is 30.3 Å². The lowest BCUT2D eigenvalue weighted by atomic mass is 9.83. The Kier molecular flexibility index (Phi) is 5.32. The summed E-state index contributed by atoms with van der Waals surface area (Å²) in [7, 11) is 0. The van der Waals surface area contributed by atoms with Crippen LogP contribution in [0.5, 0.6) is 0 Å². The number of nitrogens with zero attached hydrogens (tertiary/aromatic N) is 2. The number of nitrogens with one attached hydrogen (secondary N) is 2. The predicted molar refractivity (Wildman–Crippen MR) is 102 cm³/mol. The fraction of sp³-hybridized carbons (Fsp3) is 0.550. The Hall–Kier alpha value is -2.45. The van der Waals surface area contributed by atoms with Crippen LogP contribution >= 0.6 is 0 Å². The molecule has 1 aromatic carbocycles. The van der Waals surface area contributed by atoms with Crippen molar-refractivity contribution in [3.05, 3.63) is 35.9 Å². The van der Waals surface area contributed by atoms with Crippen molar-refractivity contribution in [2.24, 2.45) is 23.5 Å². The Labute approximate surface area is 164 Å². The molecule has 3 heterocycles. The number of fused-ring (bicyclic) bond motifs is 1. The number of carbonyl (C=O) groups is 3. The van der Waals surface area contributed by atoms with E-state index in [1.807, 2.05) is 23.1 Å². The molecule has 0 radical (unpaired) electrons. The lowest BCUT2D eigenvalue weighted by Crippen LogP contribution is -2.58. The van der Waals surface area contributed by atoms with Gasteiger partial charge in [0, 0.05) is 38.6 Å². The van der Waals surface area contributed by atoms with Gasteiger partial charge >= 0.3 is 0 Å². The van der Waals surface area contributed by atoms with Crippen molar-refractivity contribution < 1.29 is 14.4 Å². The molecule has 3 amide bonds. The summed E-state index contributed by atoms with van der Waals surface area (Å²) in [5, 5.41) is 0. The molecule has 0 aromatic heterocycles. The number of carbonyl (C=O) groups excluding carboxylic acids is 3. The molecule has 150 valence electrons. The van der Waals surface area contributed by atoms with E-state index in [-0.39, 0.29) is 41.5 Å². The molecule has 8 heteroatoms. The van der Waals surface area contributed by atoms with Crippen LogP contribution in [0.3, 0.4) is 0 Å². The highest BCUT2D eigenvalue weighted by atomic mass is 16.2. The lowest BCUT2D eigenvalue weighted by Gasteiger charge is -2.41. The Balaban J connectivity index is 1.47. The first-order valence-corrected chi connectivity index (χ1v) is 9.92. The number of piperidine rings is 2. The van der Waals surface area contributed by atoms with Gasteiger partial charge in [0.05, 0.1) is 17.9 Å². The molecule has 3 fully saturated rings. The summed E-state index contributed by atoms with van der Waals surface area (Å²) >= 11 is 0. The van der Waals surface area contributed by atoms with Crippen molar-refractivity contribution in [1.29, 1.82) is 0 Å². The van der Waals surface area contributed by atoms with Gasteiger partial charge in [-0.05, 0) is 18.4 Å². The highest BCUT2D eigenvalue weighted by Crippen LogP contribution is 2.29. The Morgan fingerprint density at radius 3 is 2.50 bits per heavy atom. The van der Waals surface area contributed by atoms with Gasteiger partial charge in [-0.3, -0.25) is 24.7 Å². The zero-order chi connectivity index (χ0) is 19.7. The highest BCUT2D eigenvalue weighted by molar-refractivity contribution is 5.86. The molecule has 4 rings (SSSR count). The van der Waals surface area contributed by atoms with Gasteiger partial charge in [-0.25, -0.2) is 5.43 Å². The zero-order valence-corrected chi connectivity index (χ0v) is 15.8. The van der Waals surface area contributed by atoms with E-state index in [0.29, 0.717) is 45.6 Å². The molecular formula is C20H27N5O3. The van der Waals surface area contributed by atoms with Gasteiger partial charge in [0.15, 0.2) is 0 Å². The fourth-order valence-corrected chi connectivity index (χ4v) is 4.65. The van der Waals surface area contributed by atoms with Crippen molar-refractivity contribution in [3.8, 4) is 0 Å². The van der Waals surface area contributed by atoms with E-state index >= 15 is 0 Å². The Morgan fingerprint density at radius 2 is 1.82 bits per heavy atom. The molecule has 8 nitrogen and oxygen atoms in total. The van der Waals surface area contributed by atoms with E-state index in [0.717, 1.165) is 0 Å². The molecule has 0 bridgehead atoms. The van der Waals surface area contributed by atoms with Crippen molar-refractivity contribution >= 4 is 17.7 Å². The summed E-state index contributed by atoms with van der Waals surface area (Å²) in [6, 6.07) is 9.90. The third kappa shape index (κ3) is 3.74. The average Bonchev–Trinajstić information content (AvgIpc) is 3.08. The van der Waals surface area contributed by atoms with Gasteiger partial charge < -0.3 is 10.6 Å². The number of rotatable bonds is 4. The van der Waals surface area contributed by atoms with E-state index in [9.17, 15) is 14.4 Å². The summed E-state index contributed by atoms with van der Waals surface area (Å²) in [4.78, 5) is 41.0. The summed E-state index contributed by atoms with van der Waals surface area (Å²) in [5.74, 6) is -0.967. The SMILES string of the molecule is NC(=O)C1CCN(C(=O)C2CN(Cc3ccccc3)CC3C(=O)NNC32)CC1. The number of likely N-dealkylation sites (tertiary alicyclic amines) is 2. The molecule has 3 atom stereocenters. The monoisotopic (exact) mass is 385 g/mol. The van der Waals surface area contributed by atoms with Crippen molar-refractivity contribution in [3.63, 3.8) is 0 Å². The highest BCUT2D eigenvalue weighted by Gasteiger charge is 2.48. The molecule has 28 heavy (non-hydrogen) atoms. The number of primary amides is 1. The third-order valence-corrected chi connectivity index (χ3v) is 6.25. The Morgan fingerprint density at radius 1 is 1.11 bits per heavy atom. The van der Waals surface area contributed by atoms with Crippen LogP contribution in [-0.2, 0) is 20.9 Å². The number of nitrogens with two attached hydrogens (primary N) is 1. The smallest absolute Gasteiger partial charge is 0.240 e. The first kappa shape index (κ1) is 18.9. The van der Waals surface area contributed by atoms with Crippen LogP contribution < -0.4 is 16.6 Å². The van der Waals surface area contributed by atoms with Gasteiger partial charge in [0.25, 0.3) is 0 Å². The van der Waals surface area contributed by atoms with E-state index in [1.54, 1.807) is 0 Å². The molecule has 3 unspecified atom stereocenters. The van der Waals surface area contributed by atoms with Crippen LogP contribution in [0.15, 0.2) is 30.3 Å². The van der Waals surface area contributed by atoms with Gasteiger partial charge in [-0.2, -0.15) is 0 Å². The van der Waals surface area contributed by atoms with E-state index in [1.165, 1.54) is 5.56 Å². The molecule has 1 aromatic rings. The molecule has 0 saturated carbocycles. The van der Waals surface area contributed by atoms with E-state index in [2.05, 4.69) is 27.9 Å². The van der Waals surface area contributed by atoms with Crippen LogP contribution in [-0.4, -0.2) is 59.7 Å². The predicted octanol–water partition coefficient (Wildman–Crippen LogP) is -0.538. The summed E-state index contributed by atoms with van der Waals surface area (Å²) in [6.07, 6.45) is 1.22. The molecule has 4 N–H and O–H groups in total. The summed E-state index contributed by atoms with van der Waals surface area (Å²) < 4.78 is 0. The maximum atomic E-state index is 13.3. The summed E-state index contributed by atoms with van der Waals surface area (Å²) in [6.45, 7) is 3.03. The normalized spacial score (nSPS) is 28.6. The van der Waals surface area contributed by atoms with Crippen LogP contribution in [0.2, 0.25) is 0 Å². The number of hydrogen-bond acceptors (Lipinski definition) is 5. The van der Waals surface area contributed by atoms with Crippen LogP contribution in [0.25, 0.3) is 0 Å². The fourth-order valence-electron chi connectivity index (χ4n) is 4.65. The first-order chi connectivity index (χ1) is 13.5. The minimum absolute atomic E-state index is 0.0481. The van der Waals surface area contributed by atoms with Crippen LogP contribution in [0.1, 0.15) is 18.4 Å². The molecule has 0 aliphatic carbocycles. The number of amides is 3. The van der Waals surface area contributed by atoms with Gasteiger partial charge in [-0.15, -0.1) is 0 Å². The minimum Gasteiger partial charge on any atom is -0.369 e.